The monoisotopic (exact) mass is 319 g/mol. The van der Waals surface area contributed by atoms with Gasteiger partial charge in [0.1, 0.15) is 5.69 Å². The predicted octanol–water partition coefficient (Wildman–Crippen LogP) is 3.62. The van der Waals surface area contributed by atoms with Crippen LogP contribution in [0.25, 0.3) is 5.69 Å². The summed E-state index contributed by atoms with van der Waals surface area (Å²) in [6.07, 6.45) is 7.20. The molecule has 1 amide bonds. The summed E-state index contributed by atoms with van der Waals surface area (Å²) in [5.74, 6) is -0.0654. The Bertz CT molecular complexity index is 781. The molecule has 4 nitrogen and oxygen atoms in total. The van der Waals surface area contributed by atoms with Gasteiger partial charge in [-0.1, -0.05) is 30.3 Å². The van der Waals surface area contributed by atoms with E-state index in [1.807, 2.05) is 60.2 Å². The van der Waals surface area contributed by atoms with Crippen LogP contribution in [0.1, 0.15) is 29.4 Å². The van der Waals surface area contributed by atoms with Gasteiger partial charge in [0.25, 0.3) is 5.91 Å². The molecule has 2 heterocycles. The molecular weight excluding hydrogens is 298 g/mol. The Morgan fingerprint density at radius 2 is 1.96 bits per heavy atom. The number of hydrogen-bond donors (Lipinski definition) is 1. The second kappa shape index (κ2) is 7.59. The topological polar surface area (TPSA) is 46.9 Å². The van der Waals surface area contributed by atoms with Gasteiger partial charge in [-0.2, -0.15) is 0 Å². The molecule has 0 aliphatic carbocycles. The van der Waals surface area contributed by atoms with Crippen molar-refractivity contribution in [3.63, 3.8) is 0 Å². The molecule has 1 aromatic carbocycles. The van der Waals surface area contributed by atoms with Crippen LogP contribution in [0.15, 0.2) is 73.2 Å². The van der Waals surface area contributed by atoms with Crippen molar-refractivity contribution in [3.8, 4) is 5.69 Å². The van der Waals surface area contributed by atoms with Crippen LogP contribution in [0.3, 0.4) is 0 Å². The van der Waals surface area contributed by atoms with E-state index in [-0.39, 0.29) is 11.9 Å². The molecule has 1 N–H and O–H groups in total. The molecular formula is C20H21N3O. The first kappa shape index (κ1) is 16.0. The normalized spacial score (nSPS) is 11.9. The Labute approximate surface area is 142 Å². The fourth-order valence-electron chi connectivity index (χ4n) is 2.69. The number of carbonyl (C=O) groups is 1. The van der Waals surface area contributed by atoms with Crippen LogP contribution in [-0.4, -0.2) is 21.5 Å². The lowest BCUT2D eigenvalue weighted by Gasteiger charge is -2.15. The van der Waals surface area contributed by atoms with Crippen molar-refractivity contribution in [2.45, 2.75) is 25.8 Å². The highest BCUT2D eigenvalue weighted by Crippen LogP contribution is 2.12. The highest BCUT2D eigenvalue weighted by atomic mass is 16.2. The number of aromatic nitrogens is 2. The standard InChI is InChI=1S/C20H21N3O/c1-16(11-12-17-7-3-2-4-8-17)22-20(24)19-10-6-14-23(19)18-9-5-13-21-15-18/h2-10,13-16H,11-12H2,1H3,(H,22,24). The summed E-state index contributed by atoms with van der Waals surface area (Å²) >= 11 is 0. The molecule has 0 saturated heterocycles. The largest absolute Gasteiger partial charge is 0.348 e. The molecule has 0 spiro atoms. The van der Waals surface area contributed by atoms with Crippen molar-refractivity contribution >= 4 is 5.91 Å². The van der Waals surface area contributed by atoms with Crippen LogP contribution in [-0.2, 0) is 6.42 Å². The van der Waals surface area contributed by atoms with Crippen molar-refractivity contribution in [2.75, 3.05) is 0 Å². The number of pyridine rings is 1. The number of aryl methyl sites for hydroxylation is 1. The average Bonchev–Trinajstić information content (AvgIpc) is 3.11. The lowest BCUT2D eigenvalue weighted by molar-refractivity contribution is 0.0931. The molecule has 2 aromatic heterocycles. The zero-order chi connectivity index (χ0) is 16.8. The van der Waals surface area contributed by atoms with E-state index in [4.69, 9.17) is 0 Å². The van der Waals surface area contributed by atoms with E-state index in [0.717, 1.165) is 18.5 Å². The van der Waals surface area contributed by atoms with Crippen LogP contribution in [0.5, 0.6) is 0 Å². The second-order valence-electron chi connectivity index (χ2n) is 5.87. The fraction of sp³-hybridized carbons (Fsp3) is 0.200. The Hall–Kier alpha value is -2.88. The highest BCUT2D eigenvalue weighted by Gasteiger charge is 2.14. The van der Waals surface area contributed by atoms with Crippen LogP contribution >= 0.6 is 0 Å². The van der Waals surface area contributed by atoms with E-state index in [1.165, 1.54) is 5.56 Å². The number of amides is 1. The Balaban J connectivity index is 1.62. The lowest BCUT2D eigenvalue weighted by Crippen LogP contribution is -2.34. The minimum absolute atomic E-state index is 0.0654. The molecule has 3 rings (SSSR count). The summed E-state index contributed by atoms with van der Waals surface area (Å²) < 4.78 is 1.85. The lowest BCUT2D eigenvalue weighted by atomic mass is 10.1. The third kappa shape index (κ3) is 3.90. The first-order valence-corrected chi connectivity index (χ1v) is 8.16. The molecule has 4 heteroatoms. The number of carbonyl (C=O) groups excluding carboxylic acids is 1. The van der Waals surface area contributed by atoms with Crippen LogP contribution in [0.4, 0.5) is 0 Å². The summed E-state index contributed by atoms with van der Waals surface area (Å²) in [6.45, 7) is 2.04. The van der Waals surface area contributed by atoms with Gasteiger partial charge in [-0.3, -0.25) is 9.78 Å². The predicted molar refractivity (Wildman–Crippen MR) is 95.3 cm³/mol. The molecule has 0 fully saturated rings. The second-order valence-corrected chi connectivity index (χ2v) is 5.87. The number of rotatable bonds is 6. The number of hydrogen-bond acceptors (Lipinski definition) is 2. The van der Waals surface area contributed by atoms with Crippen LogP contribution in [0.2, 0.25) is 0 Å². The number of benzene rings is 1. The van der Waals surface area contributed by atoms with E-state index in [9.17, 15) is 4.79 Å². The zero-order valence-corrected chi connectivity index (χ0v) is 13.7. The quantitative estimate of drug-likeness (QED) is 0.754. The SMILES string of the molecule is CC(CCc1ccccc1)NC(=O)c1cccn1-c1cccnc1. The minimum atomic E-state index is -0.0654. The van der Waals surface area contributed by atoms with E-state index >= 15 is 0 Å². The molecule has 122 valence electrons. The Kier molecular flexibility index (Phi) is 5.06. The molecule has 0 bridgehead atoms. The molecule has 0 aliphatic heterocycles. The van der Waals surface area contributed by atoms with Crippen molar-refractivity contribution in [2.24, 2.45) is 0 Å². The van der Waals surface area contributed by atoms with Crippen molar-refractivity contribution in [1.29, 1.82) is 0 Å². The van der Waals surface area contributed by atoms with Crippen LogP contribution in [0, 0.1) is 0 Å². The zero-order valence-electron chi connectivity index (χ0n) is 13.7. The van der Waals surface area contributed by atoms with Gasteiger partial charge >= 0.3 is 0 Å². The van der Waals surface area contributed by atoms with E-state index in [0.29, 0.717) is 5.69 Å². The van der Waals surface area contributed by atoms with Gasteiger partial charge in [-0.25, -0.2) is 0 Å². The van der Waals surface area contributed by atoms with Crippen molar-refractivity contribution in [1.82, 2.24) is 14.9 Å². The molecule has 0 aliphatic rings. The van der Waals surface area contributed by atoms with Gasteiger partial charge in [0.2, 0.25) is 0 Å². The van der Waals surface area contributed by atoms with E-state index in [2.05, 4.69) is 22.4 Å². The van der Waals surface area contributed by atoms with Gasteiger partial charge in [-0.15, -0.1) is 0 Å². The first-order chi connectivity index (χ1) is 11.7. The molecule has 1 atom stereocenters. The van der Waals surface area contributed by atoms with Gasteiger partial charge < -0.3 is 9.88 Å². The summed E-state index contributed by atoms with van der Waals surface area (Å²) in [5.41, 5.74) is 2.79. The third-order valence-electron chi connectivity index (χ3n) is 3.99. The van der Waals surface area contributed by atoms with Crippen LogP contribution < -0.4 is 5.32 Å². The molecule has 0 saturated carbocycles. The van der Waals surface area contributed by atoms with Gasteiger partial charge in [0.05, 0.1) is 11.9 Å². The molecule has 0 radical (unpaired) electrons. The summed E-state index contributed by atoms with van der Waals surface area (Å²) in [4.78, 5) is 16.7. The summed E-state index contributed by atoms with van der Waals surface area (Å²) in [7, 11) is 0. The maximum atomic E-state index is 12.6. The molecule has 1 unspecified atom stereocenters. The highest BCUT2D eigenvalue weighted by molar-refractivity contribution is 5.93. The summed E-state index contributed by atoms with van der Waals surface area (Å²) in [6, 6.07) is 17.9. The van der Waals surface area contributed by atoms with Crippen molar-refractivity contribution < 1.29 is 4.79 Å². The van der Waals surface area contributed by atoms with E-state index in [1.54, 1.807) is 12.4 Å². The van der Waals surface area contributed by atoms with Gasteiger partial charge in [0.15, 0.2) is 0 Å². The average molecular weight is 319 g/mol. The smallest absolute Gasteiger partial charge is 0.268 e. The Morgan fingerprint density at radius 1 is 1.12 bits per heavy atom. The van der Waals surface area contributed by atoms with Crippen molar-refractivity contribution in [3.05, 3.63) is 84.4 Å². The maximum Gasteiger partial charge on any atom is 0.268 e. The number of nitrogens with one attached hydrogen (secondary N) is 1. The minimum Gasteiger partial charge on any atom is -0.348 e. The summed E-state index contributed by atoms with van der Waals surface area (Å²) in [5, 5.41) is 3.08. The van der Waals surface area contributed by atoms with E-state index < -0.39 is 0 Å². The maximum absolute atomic E-state index is 12.6. The third-order valence-corrected chi connectivity index (χ3v) is 3.99. The van der Waals surface area contributed by atoms with Gasteiger partial charge in [-0.05, 0) is 49.6 Å². The first-order valence-electron chi connectivity index (χ1n) is 8.16. The molecule has 24 heavy (non-hydrogen) atoms. The van der Waals surface area contributed by atoms with Gasteiger partial charge in [0, 0.05) is 18.4 Å². The molecule has 3 aromatic rings. The Morgan fingerprint density at radius 3 is 2.71 bits per heavy atom. The number of nitrogens with zero attached hydrogens (tertiary/aromatic N) is 2. The fourth-order valence-corrected chi connectivity index (χ4v) is 2.69.